The summed E-state index contributed by atoms with van der Waals surface area (Å²) in [6, 6.07) is 3.40. The van der Waals surface area contributed by atoms with Crippen molar-refractivity contribution in [2.24, 2.45) is 0 Å². The quantitative estimate of drug-likeness (QED) is 0.583. The molecule has 19 heavy (non-hydrogen) atoms. The molecule has 1 heterocycles. The molecule has 1 rings (SSSR count). The second kappa shape index (κ2) is 7.41. The Balaban J connectivity index is 2.65. The van der Waals surface area contributed by atoms with Gasteiger partial charge in [-0.2, -0.15) is 0 Å². The fourth-order valence-corrected chi connectivity index (χ4v) is 1.50. The van der Waals surface area contributed by atoms with Gasteiger partial charge in [-0.3, -0.25) is 9.59 Å². The molecule has 0 saturated carbocycles. The molecular formula is C14H19NO4. The van der Waals surface area contributed by atoms with E-state index < -0.39 is 5.97 Å². The summed E-state index contributed by atoms with van der Waals surface area (Å²) in [7, 11) is 0. The van der Waals surface area contributed by atoms with Gasteiger partial charge in [-0.15, -0.1) is 0 Å². The molecule has 0 spiro atoms. The molecule has 1 amide bonds. The van der Waals surface area contributed by atoms with Crippen molar-refractivity contribution in [3.8, 4) is 0 Å². The average Bonchev–Trinajstić information content (AvgIpc) is 2.86. The van der Waals surface area contributed by atoms with Crippen molar-refractivity contribution in [2.75, 3.05) is 13.2 Å². The SMILES string of the molecule is CCOC(=O)CN(C(=O)C=Cc1ccco1)C(C)C. The van der Waals surface area contributed by atoms with Crippen molar-refractivity contribution in [3.63, 3.8) is 0 Å². The van der Waals surface area contributed by atoms with Crippen LogP contribution < -0.4 is 0 Å². The van der Waals surface area contributed by atoms with Gasteiger partial charge in [0, 0.05) is 12.1 Å². The summed E-state index contributed by atoms with van der Waals surface area (Å²) in [6.07, 6.45) is 4.49. The van der Waals surface area contributed by atoms with Gasteiger partial charge in [0.05, 0.1) is 12.9 Å². The molecule has 0 aliphatic heterocycles. The first kappa shape index (κ1) is 15.0. The lowest BCUT2D eigenvalue weighted by Crippen LogP contribution is -2.40. The van der Waals surface area contributed by atoms with Gasteiger partial charge in [0.25, 0.3) is 0 Å². The Kier molecular flexibility index (Phi) is 5.85. The van der Waals surface area contributed by atoms with Crippen molar-refractivity contribution < 1.29 is 18.7 Å². The summed E-state index contributed by atoms with van der Waals surface area (Å²) in [5, 5.41) is 0. The van der Waals surface area contributed by atoms with Crippen LogP contribution in [-0.4, -0.2) is 36.0 Å². The Morgan fingerprint density at radius 3 is 2.74 bits per heavy atom. The number of furan rings is 1. The second-order valence-corrected chi connectivity index (χ2v) is 4.21. The largest absolute Gasteiger partial charge is 0.465 e. The number of amides is 1. The molecule has 0 atom stereocenters. The highest BCUT2D eigenvalue weighted by Gasteiger charge is 2.18. The molecule has 0 N–H and O–H groups in total. The number of hydrogen-bond donors (Lipinski definition) is 0. The Bertz CT molecular complexity index is 434. The molecule has 0 bridgehead atoms. The fraction of sp³-hybridized carbons (Fsp3) is 0.429. The molecule has 0 fully saturated rings. The van der Waals surface area contributed by atoms with E-state index in [0.29, 0.717) is 12.4 Å². The molecule has 1 aromatic rings. The maximum absolute atomic E-state index is 12.0. The van der Waals surface area contributed by atoms with E-state index in [1.54, 1.807) is 25.1 Å². The van der Waals surface area contributed by atoms with E-state index in [2.05, 4.69) is 0 Å². The fourth-order valence-electron chi connectivity index (χ4n) is 1.50. The van der Waals surface area contributed by atoms with Crippen LogP contribution in [0.15, 0.2) is 28.9 Å². The predicted molar refractivity (Wildman–Crippen MR) is 71.2 cm³/mol. The maximum atomic E-state index is 12.0. The summed E-state index contributed by atoms with van der Waals surface area (Å²) in [6.45, 7) is 5.68. The average molecular weight is 265 g/mol. The number of carbonyl (C=O) groups excluding carboxylic acids is 2. The van der Waals surface area contributed by atoms with Gasteiger partial charge in [-0.1, -0.05) is 0 Å². The van der Waals surface area contributed by atoms with Crippen LogP contribution in [-0.2, 0) is 14.3 Å². The van der Waals surface area contributed by atoms with E-state index in [0.717, 1.165) is 0 Å². The molecule has 1 aromatic heterocycles. The summed E-state index contributed by atoms with van der Waals surface area (Å²) in [4.78, 5) is 24.9. The topological polar surface area (TPSA) is 59.8 Å². The smallest absolute Gasteiger partial charge is 0.325 e. The monoisotopic (exact) mass is 265 g/mol. The molecular weight excluding hydrogens is 246 g/mol. The Morgan fingerprint density at radius 1 is 1.47 bits per heavy atom. The Hall–Kier alpha value is -2.04. The molecule has 0 aliphatic carbocycles. The van der Waals surface area contributed by atoms with Crippen molar-refractivity contribution >= 4 is 18.0 Å². The second-order valence-electron chi connectivity index (χ2n) is 4.21. The minimum Gasteiger partial charge on any atom is -0.465 e. The molecule has 0 aromatic carbocycles. The zero-order chi connectivity index (χ0) is 14.3. The number of carbonyl (C=O) groups is 2. The third-order valence-corrected chi connectivity index (χ3v) is 2.44. The lowest BCUT2D eigenvalue weighted by Gasteiger charge is -2.24. The Morgan fingerprint density at radius 2 is 2.21 bits per heavy atom. The Labute approximate surface area is 112 Å². The van der Waals surface area contributed by atoms with Crippen LogP contribution in [0.25, 0.3) is 6.08 Å². The van der Waals surface area contributed by atoms with Crippen LogP contribution in [0.3, 0.4) is 0 Å². The molecule has 0 radical (unpaired) electrons. The van der Waals surface area contributed by atoms with Gasteiger partial charge in [-0.05, 0) is 39.0 Å². The summed E-state index contributed by atoms with van der Waals surface area (Å²) < 4.78 is 9.94. The van der Waals surface area contributed by atoms with Gasteiger partial charge >= 0.3 is 5.97 Å². The van der Waals surface area contributed by atoms with Gasteiger partial charge in [0.1, 0.15) is 12.3 Å². The van der Waals surface area contributed by atoms with Crippen molar-refractivity contribution in [1.82, 2.24) is 4.90 Å². The van der Waals surface area contributed by atoms with Crippen LogP contribution in [0.2, 0.25) is 0 Å². The highest BCUT2D eigenvalue weighted by Crippen LogP contribution is 2.05. The van der Waals surface area contributed by atoms with E-state index in [4.69, 9.17) is 9.15 Å². The normalized spacial score (nSPS) is 10.9. The molecule has 5 heteroatoms. The van der Waals surface area contributed by atoms with Crippen LogP contribution in [0.1, 0.15) is 26.5 Å². The highest BCUT2D eigenvalue weighted by atomic mass is 16.5. The van der Waals surface area contributed by atoms with Crippen LogP contribution >= 0.6 is 0 Å². The third-order valence-electron chi connectivity index (χ3n) is 2.44. The lowest BCUT2D eigenvalue weighted by atomic mass is 10.3. The first-order chi connectivity index (χ1) is 9.04. The summed E-state index contributed by atoms with van der Waals surface area (Å²) in [5.74, 6) is -0.0661. The maximum Gasteiger partial charge on any atom is 0.325 e. The first-order valence-electron chi connectivity index (χ1n) is 6.22. The molecule has 0 unspecified atom stereocenters. The first-order valence-corrected chi connectivity index (χ1v) is 6.22. The van der Waals surface area contributed by atoms with Crippen molar-refractivity contribution in [1.29, 1.82) is 0 Å². The molecule has 5 nitrogen and oxygen atoms in total. The van der Waals surface area contributed by atoms with Crippen LogP contribution in [0, 0.1) is 0 Å². The number of esters is 1. The van der Waals surface area contributed by atoms with Crippen molar-refractivity contribution in [3.05, 3.63) is 30.2 Å². The zero-order valence-electron chi connectivity index (χ0n) is 11.5. The summed E-state index contributed by atoms with van der Waals surface area (Å²) in [5.41, 5.74) is 0. The standard InChI is InChI=1S/C14H19NO4/c1-4-18-14(17)10-15(11(2)3)13(16)8-7-12-6-5-9-19-12/h5-9,11H,4,10H2,1-3H3. The predicted octanol–water partition coefficient (Wildman–Crippen LogP) is 2.09. The van der Waals surface area contributed by atoms with Gasteiger partial charge in [0.15, 0.2) is 0 Å². The number of rotatable bonds is 6. The van der Waals surface area contributed by atoms with Gasteiger partial charge in [0.2, 0.25) is 5.91 Å². The highest BCUT2D eigenvalue weighted by molar-refractivity contribution is 5.93. The number of ether oxygens (including phenoxy) is 1. The van der Waals surface area contributed by atoms with Gasteiger partial charge in [-0.25, -0.2) is 0 Å². The van der Waals surface area contributed by atoms with E-state index >= 15 is 0 Å². The molecule has 0 saturated heterocycles. The minimum atomic E-state index is -0.407. The van der Waals surface area contributed by atoms with E-state index in [1.807, 2.05) is 13.8 Å². The van der Waals surface area contributed by atoms with Crippen molar-refractivity contribution in [2.45, 2.75) is 26.8 Å². The molecule has 104 valence electrons. The van der Waals surface area contributed by atoms with E-state index in [1.165, 1.54) is 17.2 Å². The zero-order valence-corrected chi connectivity index (χ0v) is 11.5. The number of hydrogen-bond acceptors (Lipinski definition) is 4. The lowest BCUT2D eigenvalue weighted by molar-refractivity contribution is -0.148. The molecule has 0 aliphatic rings. The minimum absolute atomic E-state index is 0.0488. The van der Waals surface area contributed by atoms with E-state index in [9.17, 15) is 9.59 Å². The summed E-state index contributed by atoms with van der Waals surface area (Å²) >= 11 is 0. The number of nitrogens with zero attached hydrogens (tertiary/aromatic N) is 1. The van der Waals surface area contributed by atoms with Gasteiger partial charge < -0.3 is 14.1 Å². The van der Waals surface area contributed by atoms with Crippen LogP contribution in [0.5, 0.6) is 0 Å². The van der Waals surface area contributed by atoms with Crippen LogP contribution in [0.4, 0.5) is 0 Å². The van der Waals surface area contributed by atoms with E-state index in [-0.39, 0.29) is 18.5 Å². The third kappa shape index (κ3) is 4.99.